The molecule has 0 atom stereocenters. The van der Waals surface area contributed by atoms with Crippen molar-refractivity contribution in [3.8, 4) is 0 Å². The SMILES string of the molecule is CC1(O)CCN(c2ccnc3cc(N)ccc23)CC1. The van der Waals surface area contributed by atoms with E-state index < -0.39 is 5.60 Å². The highest BCUT2D eigenvalue weighted by atomic mass is 16.3. The minimum atomic E-state index is -0.524. The molecule has 2 heterocycles. The highest BCUT2D eigenvalue weighted by Gasteiger charge is 2.27. The standard InChI is InChI=1S/C15H19N3O/c1-15(19)5-8-18(9-6-15)14-4-7-17-13-10-11(16)2-3-12(13)14/h2-4,7,10,19H,5-6,8-9,16H2,1H3. The number of hydrogen-bond acceptors (Lipinski definition) is 4. The third kappa shape index (κ3) is 2.36. The smallest absolute Gasteiger partial charge is 0.0743 e. The van der Waals surface area contributed by atoms with Crippen LogP contribution in [0.1, 0.15) is 19.8 Å². The van der Waals surface area contributed by atoms with E-state index in [4.69, 9.17) is 5.73 Å². The Hall–Kier alpha value is -1.81. The van der Waals surface area contributed by atoms with Gasteiger partial charge >= 0.3 is 0 Å². The first kappa shape index (κ1) is 12.2. The van der Waals surface area contributed by atoms with Crippen molar-refractivity contribution in [3.05, 3.63) is 30.5 Å². The van der Waals surface area contributed by atoms with E-state index in [1.54, 1.807) is 0 Å². The summed E-state index contributed by atoms with van der Waals surface area (Å²) in [6.07, 6.45) is 3.42. The molecule has 3 N–H and O–H groups in total. The van der Waals surface area contributed by atoms with Gasteiger partial charge in [0.15, 0.2) is 0 Å². The lowest BCUT2D eigenvalue weighted by Crippen LogP contribution is -2.42. The summed E-state index contributed by atoms with van der Waals surface area (Å²) in [4.78, 5) is 6.69. The number of nitrogens with zero attached hydrogens (tertiary/aromatic N) is 2. The predicted molar refractivity (Wildman–Crippen MR) is 78.2 cm³/mol. The minimum Gasteiger partial charge on any atom is -0.399 e. The molecule has 1 aliphatic rings. The monoisotopic (exact) mass is 257 g/mol. The Morgan fingerprint density at radius 1 is 1.26 bits per heavy atom. The van der Waals surface area contributed by atoms with Crippen LogP contribution < -0.4 is 10.6 Å². The molecule has 3 rings (SSSR count). The van der Waals surface area contributed by atoms with Gasteiger partial charge in [0, 0.05) is 36.0 Å². The fourth-order valence-corrected chi connectivity index (χ4v) is 2.66. The number of rotatable bonds is 1. The van der Waals surface area contributed by atoms with Crippen molar-refractivity contribution in [2.75, 3.05) is 23.7 Å². The Morgan fingerprint density at radius 3 is 2.74 bits per heavy atom. The normalized spacial score (nSPS) is 18.7. The molecule has 1 aromatic carbocycles. The zero-order valence-corrected chi connectivity index (χ0v) is 11.1. The first-order valence-electron chi connectivity index (χ1n) is 6.67. The van der Waals surface area contributed by atoms with Crippen molar-refractivity contribution in [1.29, 1.82) is 0 Å². The van der Waals surface area contributed by atoms with Crippen LogP contribution in [-0.2, 0) is 0 Å². The Balaban J connectivity index is 1.97. The summed E-state index contributed by atoms with van der Waals surface area (Å²) in [5.74, 6) is 0. The summed E-state index contributed by atoms with van der Waals surface area (Å²) in [6.45, 7) is 3.66. The number of hydrogen-bond donors (Lipinski definition) is 2. The van der Waals surface area contributed by atoms with E-state index in [9.17, 15) is 5.11 Å². The van der Waals surface area contributed by atoms with Gasteiger partial charge in [-0.05, 0) is 44.0 Å². The van der Waals surface area contributed by atoms with Gasteiger partial charge in [-0.2, -0.15) is 0 Å². The van der Waals surface area contributed by atoms with Crippen molar-refractivity contribution in [1.82, 2.24) is 4.98 Å². The molecular formula is C15H19N3O. The van der Waals surface area contributed by atoms with Gasteiger partial charge in [0.2, 0.25) is 0 Å². The third-order valence-electron chi connectivity index (χ3n) is 3.93. The minimum absolute atomic E-state index is 0.524. The molecule has 0 spiro atoms. The lowest BCUT2D eigenvalue weighted by Gasteiger charge is -2.37. The zero-order valence-electron chi connectivity index (χ0n) is 11.1. The van der Waals surface area contributed by atoms with Crippen LogP contribution in [-0.4, -0.2) is 28.8 Å². The van der Waals surface area contributed by atoms with E-state index in [1.165, 1.54) is 5.69 Å². The third-order valence-corrected chi connectivity index (χ3v) is 3.93. The topological polar surface area (TPSA) is 62.4 Å². The van der Waals surface area contributed by atoms with E-state index in [-0.39, 0.29) is 0 Å². The molecule has 1 saturated heterocycles. The second-order valence-corrected chi connectivity index (χ2v) is 5.59. The number of benzene rings is 1. The van der Waals surface area contributed by atoms with E-state index in [0.29, 0.717) is 0 Å². The van der Waals surface area contributed by atoms with Gasteiger partial charge in [-0.1, -0.05) is 0 Å². The maximum Gasteiger partial charge on any atom is 0.0743 e. The molecule has 0 amide bonds. The number of aliphatic hydroxyl groups is 1. The zero-order chi connectivity index (χ0) is 13.5. The van der Waals surface area contributed by atoms with Crippen molar-refractivity contribution in [3.63, 3.8) is 0 Å². The first-order chi connectivity index (χ1) is 9.05. The lowest BCUT2D eigenvalue weighted by atomic mass is 9.93. The Labute approximate surface area is 112 Å². The average molecular weight is 257 g/mol. The molecule has 0 saturated carbocycles. The number of piperidine rings is 1. The maximum absolute atomic E-state index is 10.0. The summed E-state index contributed by atoms with van der Waals surface area (Å²) in [5.41, 5.74) is 8.12. The second kappa shape index (κ2) is 4.38. The Kier molecular flexibility index (Phi) is 2.82. The van der Waals surface area contributed by atoms with Gasteiger partial charge in [-0.15, -0.1) is 0 Å². The van der Waals surface area contributed by atoms with E-state index >= 15 is 0 Å². The van der Waals surface area contributed by atoms with Crippen LogP contribution in [0.3, 0.4) is 0 Å². The molecule has 19 heavy (non-hydrogen) atoms. The highest BCUT2D eigenvalue weighted by Crippen LogP contribution is 2.31. The van der Waals surface area contributed by atoms with E-state index in [0.717, 1.165) is 42.5 Å². The van der Waals surface area contributed by atoms with Gasteiger partial charge < -0.3 is 15.7 Å². The van der Waals surface area contributed by atoms with Crippen LogP contribution in [0.15, 0.2) is 30.5 Å². The lowest BCUT2D eigenvalue weighted by molar-refractivity contribution is 0.0352. The molecule has 0 bridgehead atoms. The molecule has 4 nitrogen and oxygen atoms in total. The van der Waals surface area contributed by atoms with Crippen molar-refractivity contribution >= 4 is 22.3 Å². The van der Waals surface area contributed by atoms with E-state index in [1.807, 2.05) is 37.4 Å². The molecule has 0 unspecified atom stereocenters. The van der Waals surface area contributed by atoms with Gasteiger partial charge in [-0.25, -0.2) is 0 Å². The quantitative estimate of drug-likeness (QED) is 0.769. The van der Waals surface area contributed by atoms with Gasteiger partial charge in [0.1, 0.15) is 0 Å². The molecule has 0 aliphatic carbocycles. The van der Waals surface area contributed by atoms with Crippen LogP contribution >= 0.6 is 0 Å². The van der Waals surface area contributed by atoms with Crippen molar-refractivity contribution in [2.24, 2.45) is 0 Å². The van der Waals surface area contributed by atoms with Gasteiger partial charge in [0.05, 0.1) is 11.1 Å². The average Bonchev–Trinajstić information content (AvgIpc) is 2.38. The van der Waals surface area contributed by atoms with Crippen LogP contribution in [0, 0.1) is 0 Å². The Bertz CT molecular complexity index is 599. The van der Waals surface area contributed by atoms with Crippen molar-refractivity contribution in [2.45, 2.75) is 25.4 Å². The fraction of sp³-hybridized carbons (Fsp3) is 0.400. The van der Waals surface area contributed by atoms with Crippen LogP contribution in [0.4, 0.5) is 11.4 Å². The molecule has 1 aromatic heterocycles. The molecular weight excluding hydrogens is 238 g/mol. The van der Waals surface area contributed by atoms with Crippen LogP contribution in [0.25, 0.3) is 10.9 Å². The summed E-state index contributed by atoms with van der Waals surface area (Å²) in [6, 6.07) is 7.88. The van der Waals surface area contributed by atoms with Gasteiger partial charge in [0.25, 0.3) is 0 Å². The number of fused-ring (bicyclic) bond motifs is 1. The largest absolute Gasteiger partial charge is 0.399 e. The second-order valence-electron chi connectivity index (χ2n) is 5.59. The Morgan fingerprint density at radius 2 is 2.00 bits per heavy atom. The summed E-state index contributed by atoms with van der Waals surface area (Å²) < 4.78 is 0. The molecule has 100 valence electrons. The molecule has 0 radical (unpaired) electrons. The maximum atomic E-state index is 10.0. The molecule has 1 aliphatic heterocycles. The number of pyridine rings is 1. The summed E-state index contributed by atoms with van der Waals surface area (Å²) in [7, 11) is 0. The molecule has 1 fully saturated rings. The fourth-order valence-electron chi connectivity index (χ4n) is 2.66. The first-order valence-corrected chi connectivity index (χ1v) is 6.67. The van der Waals surface area contributed by atoms with E-state index in [2.05, 4.69) is 9.88 Å². The summed E-state index contributed by atoms with van der Waals surface area (Å²) >= 11 is 0. The molecule has 2 aromatic rings. The highest BCUT2D eigenvalue weighted by molar-refractivity contribution is 5.93. The number of aromatic nitrogens is 1. The number of nitrogens with two attached hydrogens (primary N) is 1. The van der Waals surface area contributed by atoms with Gasteiger partial charge in [-0.3, -0.25) is 4.98 Å². The molecule has 4 heteroatoms. The predicted octanol–water partition coefficient (Wildman–Crippen LogP) is 2.17. The van der Waals surface area contributed by atoms with Crippen LogP contribution in [0.5, 0.6) is 0 Å². The van der Waals surface area contributed by atoms with Crippen LogP contribution in [0.2, 0.25) is 0 Å². The summed E-state index contributed by atoms with van der Waals surface area (Å²) in [5, 5.41) is 11.2. The number of nitrogen functional groups attached to an aromatic ring is 1. The van der Waals surface area contributed by atoms with Crippen molar-refractivity contribution < 1.29 is 5.11 Å². The number of anilines is 2.